The van der Waals surface area contributed by atoms with E-state index in [-0.39, 0.29) is 0 Å². The molecule has 0 saturated heterocycles. The van der Waals surface area contributed by atoms with Crippen LogP contribution in [-0.2, 0) is 19.5 Å². The summed E-state index contributed by atoms with van der Waals surface area (Å²) in [5.41, 5.74) is 4.20. The molecule has 1 aliphatic heterocycles. The van der Waals surface area contributed by atoms with E-state index in [2.05, 4.69) is 21.3 Å². The number of fused-ring (bicyclic) bond motifs is 1. The number of hydrogen-bond donors (Lipinski definition) is 1. The van der Waals surface area contributed by atoms with Crippen LogP contribution < -0.4 is 24.3 Å². The smallest absolute Gasteiger partial charge is 0.227 e. The van der Waals surface area contributed by atoms with Gasteiger partial charge in [-0.1, -0.05) is 6.07 Å². The van der Waals surface area contributed by atoms with E-state index in [1.807, 2.05) is 36.5 Å². The maximum absolute atomic E-state index is 5.43. The molecule has 0 spiro atoms. The molecular weight excluding hydrogens is 408 g/mol. The van der Waals surface area contributed by atoms with Crippen LogP contribution in [0.25, 0.3) is 0 Å². The molecule has 168 valence electrons. The summed E-state index contributed by atoms with van der Waals surface area (Å²) in [5.74, 6) is 3.46. The molecular formula is C24H28N4O4. The van der Waals surface area contributed by atoms with E-state index in [0.29, 0.717) is 17.4 Å². The van der Waals surface area contributed by atoms with E-state index in [1.54, 1.807) is 28.4 Å². The van der Waals surface area contributed by atoms with Crippen molar-refractivity contribution in [1.29, 1.82) is 0 Å². The van der Waals surface area contributed by atoms with Gasteiger partial charge in [0.15, 0.2) is 11.5 Å². The molecule has 32 heavy (non-hydrogen) atoms. The van der Waals surface area contributed by atoms with Gasteiger partial charge < -0.3 is 24.3 Å². The fourth-order valence-corrected chi connectivity index (χ4v) is 3.82. The highest BCUT2D eigenvalue weighted by molar-refractivity contribution is 5.59. The zero-order chi connectivity index (χ0) is 22.5. The molecule has 1 aliphatic rings. The van der Waals surface area contributed by atoms with Gasteiger partial charge in [0, 0.05) is 61.7 Å². The highest BCUT2D eigenvalue weighted by Crippen LogP contribution is 2.30. The molecule has 0 aliphatic carbocycles. The summed E-state index contributed by atoms with van der Waals surface area (Å²) >= 11 is 0. The van der Waals surface area contributed by atoms with Gasteiger partial charge in [-0.2, -0.15) is 0 Å². The highest BCUT2D eigenvalue weighted by atomic mass is 16.5. The van der Waals surface area contributed by atoms with E-state index in [9.17, 15) is 0 Å². The number of benzene rings is 2. The summed E-state index contributed by atoms with van der Waals surface area (Å²) in [6, 6.07) is 11.6. The number of aromatic nitrogens is 2. The first-order valence-electron chi connectivity index (χ1n) is 10.4. The van der Waals surface area contributed by atoms with Gasteiger partial charge in [0.2, 0.25) is 5.95 Å². The summed E-state index contributed by atoms with van der Waals surface area (Å²) in [7, 11) is 6.56. The lowest BCUT2D eigenvalue weighted by Gasteiger charge is -2.28. The minimum absolute atomic E-state index is 0.562. The normalized spacial score (nSPS) is 13.2. The van der Waals surface area contributed by atoms with Gasteiger partial charge in [0.05, 0.1) is 34.1 Å². The van der Waals surface area contributed by atoms with Gasteiger partial charge in [0.1, 0.15) is 11.5 Å². The summed E-state index contributed by atoms with van der Waals surface area (Å²) in [5, 5.41) is 3.26. The molecule has 8 nitrogen and oxygen atoms in total. The molecule has 4 rings (SSSR count). The third-order valence-corrected chi connectivity index (χ3v) is 5.47. The third kappa shape index (κ3) is 4.86. The molecule has 1 N–H and O–H groups in total. The lowest BCUT2D eigenvalue weighted by atomic mass is 10.1. The van der Waals surface area contributed by atoms with E-state index >= 15 is 0 Å². The Balaban J connectivity index is 1.45. The predicted octanol–water partition coefficient (Wildman–Crippen LogP) is 3.81. The van der Waals surface area contributed by atoms with Crippen molar-refractivity contribution in [2.24, 2.45) is 0 Å². The Labute approximate surface area is 188 Å². The zero-order valence-corrected chi connectivity index (χ0v) is 18.8. The highest BCUT2D eigenvalue weighted by Gasteiger charge is 2.19. The maximum Gasteiger partial charge on any atom is 0.227 e. The zero-order valence-electron chi connectivity index (χ0n) is 18.8. The Morgan fingerprint density at radius 2 is 1.66 bits per heavy atom. The first-order valence-corrected chi connectivity index (χ1v) is 10.4. The SMILES string of the molecule is COc1cc(Nc2ncc3c(n2)CCN(Cc2ccc(OC)c(OC)c2)C3)cc(OC)c1. The lowest BCUT2D eigenvalue weighted by molar-refractivity contribution is 0.242. The summed E-state index contributed by atoms with van der Waals surface area (Å²) in [4.78, 5) is 11.6. The maximum atomic E-state index is 5.43. The second-order valence-electron chi connectivity index (χ2n) is 7.54. The van der Waals surface area contributed by atoms with Gasteiger partial charge in [-0.3, -0.25) is 4.90 Å². The van der Waals surface area contributed by atoms with Crippen molar-refractivity contribution < 1.29 is 18.9 Å². The fraction of sp³-hybridized carbons (Fsp3) is 0.333. The van der Waals surface area contributed by atoms with Crippen LogP contribution in [0.3, 0.4) is 0 Å². The van der Waals surface area contributed by atoms with Gasteiger partial charge in [0.25, 0.3) is 0 Å². The minimum atomic E-state index is 0.562. The van der Waals surface area contributed by atoms with E-state index in [0.717, 1.165) is 54.5 Å². The van der Waals surface area contributed by atoms with Crippen LogP contribution in [0.15, 0.2) is 42.6 Å². The van der Waals surface area contributed by atoms with Gasteiger partial charge in [-0.25, -0.2) is 9.97 Å². The number of rotatable bonds is 8. The van der Waals surface area contributed by atoms with Crippen molar-refractivity contribution in [1.82, 2.24) is 14.9 Å². The van der Waals surface area contributed by atoms with Crippen LogP contribution in [0, 0.1) is 0 Å². The monoisotopic (exact) mass is 436 g/mol. The van der Waals surface area contributed by atoms with Crippen molar-refractivity contribution in [3.8, 4) is 23.0 Å². The Hall–Kier alpha value is -3.52. The summed E-state index contributed by atoms with van der Waals surface area (Å²) < 4.78 is 21.4. The van der Waals surface area contributed by atoms with Crippen molar-refractivity contribution in [3.63, 3.8) is 0 Å². The molecule has 2 aromatic carbocycles. The second-order valence-corrected chi connectivity index (χ2v) is 7.54. The number of ether oxygens (including phenoxy) is 4. The fourth-order valence-electron chi connectivity index (χ4n) is 3.82. The van der Waals surface area contributed by atoms with Crippen molar-refractivity contribution in [2.75, 3.05) is 40.3 Å². The van der Waals surface area contributed by atoms with Crippen LogP contribution >= 0.6 is 0 Å². The average molecular weight is 437 g/mol. The van der Waals surface area contributed by atoms with Crippen molar-refractivity contribution in [2.45, 2.75) is 19.5 Å². The molecule has 0 unspecified atom stereocenters. The van der Waals surface area contributed by atoms with E-state index < -0.39 is 0 Å². The molecule has 0 radical (unpaired) electrons. The number of nitrogens with one attached hydrogen (secondary N) is 1. The number of nitrogens with zero attached hydrogens (tertiary/aromatic N) is 3. The first kappa shape index (κ1) is 21.7. The molecule has 0 bridgehead atoms. The third-order valence-electron chi connectivity index (χ3n) is 5.47. The average Bonchev–Trinajstić information content (AvgIpc) is 2.83. The van der Waals surface area contributed by atoms with Crippen LogP contribution in [0.5, 0.6) is 23.0 Å². The number of anilines is 2. The molecule has 1 aromatic heterocycles. The lowest BCUT2D eigenvalue weighted by Crippen LogP contribution is -2.31. The topological polar surface area (TPSA) is 78.0 Å². The Morgan fingerprint density at radius 3 is 2.34 bits per heavy atom. The van der Waals surface area contributed by atoms with Crippen LogP contribution in [0.1, 0.15) is 16.8 Å². The first-order chi connectivity index (χ1) is 15.6. The number of methoxy groups -OCH3 is 4. The van der Waals surface area contributed by atoms with E-state index in [4.69, 9.17) is 23.9 Å². The van der Waals surface area contributed by atoms with Gasteiger partial charge >= 0.3 is 0 Å². The summed E-state index contributed by atoms with van der Waals surface area (Å²) in [6.07, 6.45) is 2.77. The largest absolute Gasteiger partial charge is 0.497 e. The van der Waals surface area contributed by atoms with Crippen LogP contribution in [0.2, 0.25) is 0 Å². The second kappa shape index (κ2) is 9.74. The van der Waals surface area contributed by atoms with E-state index in [1.165, 1.54) is 5.56 Å². The number of hydrogen-bond acceptors (Lipinski definition) is 8. The molecule has 2 heterocycles. The van der Waals surface area contributed by atoms with Crippen LogP contribution in [0.4, 0.5) is 11.6 Å². The quantitative estimate of drug-likeness (QED) is 0.571. The molecule has 8 heteroatoms. The molecule has 0 amide bonds. The van der Waals surface area contributed by atoms with Crippen LogP contribution in [-0.4, -0.2) is 49.9 Å². The van der Waals surface area contributed by atoms with Gasteiger partial charge in [-0.05, 0) is 17.7 Å². The van der Waals surface area contributed by atoms with Crippen molar-refractivity contribution in [3.05, 3.63) is 59.4 Å². The summed E-state index contributed by atoms with van der Waals surface area (Å²) in [6.45, 7) is 2.55. The van der Waals surface area contributed by atoms with Crippen molar-refractivity contribution >= 4 is 11.6 Å². The molecule has 0 fully saturated rings. The Kier molecular flexibility index (Phi) is 6.61. The minimum Gasteiger partial charge on any atom is -0.497 e. The molecule has 0 saturated carbocycles. The Morgan fingerprint density at radius 1 is 0.906 bits per heavy atom. The Bertz CT molecular complexity index is 1070. The standard InChI is InChI=1S/C24H28N4O4/c1-29-19-10-18(11-20(12-19)30-2)26-24-25-13-17-15-28(8-7-21(17)27-24)14-16-5-6-22(31-3)23(9-16)32-4/h5-6,9-13H,7-8,14-15H2,1-4H3,(H,25,26,27). The predicted molar refractivity (Wildman–Crippen MR) is 122 cm³/mol. The molecule has 0 atom stereocenters. The van der Waals surface area contributed by atoms with Gasteiger partial charge in [-0.15, -0.1) is 0 Å². The molecule has 3 aromatic rings.